The number of aryl methyl sites for hydroxylation is 2. The number of nitrogens with one attached hydrogen (secondary N) is 1. The molecule has 1 aliphatic rings. The van der Waals surface area contributed by atoms with Crippen LogP contribution in [0.4, 0.5) is 0 Å². The van der Waals surface area contributed by atoms with Gasteiger partial charge in [0.25, 0.3) is 0 Å². The van der Waals surface area contributed by atoms with Gasteiger partial charge >= 0.3 is 0 Å². The molecule has 98 valence electrons. The SMILES string of the molecule is Cc1nc2scc(C)n2c1CNN1CCCCC1. The number of imidazole rings is 1. The molecule has 18 heavy (non-hydrogen) atoms. The summed E-state index contributed by atoms with van der Waals surface area (Å²) in [6, 6.07) is 0. The third-order valence-corrected chi connectivity index (χ3v) is 4.60. The number of rotatable bonds is 3. The van der Waals surface area contributed by atoms with E-state index in [9.17, 15) is 0 Å². The second-order valence-electron chi connectivity index (χ2n) is 5.02. The monoisotopic (exact) mass is 264 g/mol. The summed E-state index contributed by atoms with van der Waals surface area (Å²) < 4.78 is 2.27. The van der Waals surface area contributed by atoms with Gasteiger partial charge in [0.2, 0.25) is 0 Å². The van der Waals surface area contributed by atoms with Gasteiger partial charge in [-0.15, -0.1) is 11.3 Å². The summed E-state index contributed by atoms with van der Waals surface area (Å²) in [6.07, 6.45) is 3.99. The van der Waals surface area contributed by atoms with Gasteiger partial charge in [-0.05, 0) is 26.7 Å². The Morgan fingerprint density at radius 1 is 1.28 bits per heavy atom. The van der Waals surface area contributed by atoms with Crippen molar-refractivity contribution in [3.05, 3.63) is 22.5 Å². The van der Waals surface area contributed by atoms with Crippen molar-refractivity contribution in [2.24, 2.45) is 0 Å². The van der Waals surface area contributed by atoms with Crippen molar-refractivity contribution in [1.29, 1.82) is 0 Å². The number of hydrogen-bond acceptors (Lipinski definition) is 4. The molecule has 0 aromatic carbocycles. The highest BCUT2D eigenvalue weighted by molar-refractivity contribution is 7.15. The predicted octanol–water partition coefficient (Wildman–Crippen LogP) is 2.50. The molecule has 0 saturated carbocycles. The van der Waals surface area contributed by atoms with E-state index in [-0.39, 0.29) is 0 Å². The van der Waals surface area contributed by atoms with E-state index in [4.69, 9.17) is 0 Å². The van der Waals surface area contributed by atoms with Crippen molar-refractivity contribution in [3.8, 4) is 0 Å². The molecule has 1 aliphatic heterocycles. The van der Waals surface area contributed by atoms with Crippen LogP contribution in [0.15, 0.2) is 5.38 Å². The molecule has 2 aromatic heterocycles. The molecule has 0 bridgehead atoms. The quantitative estimate of drug-likeness (QED) is 0.924. The zero-order valence-electron chi connectivity index (χ0n) is 11.1. The standard InChI is InChI=1S/C13H20N4S/c1-10-9-18-13-15-11(2)12(17(10)13)8-14-16-6-4-3-5-7-16/h9,14H,3-8H2,1-2H3. The maximum atomic E-state index is 4.62. The van der Waals surface area contributed by atoms with Gasteiger partial charge in [-0.3, -0.25) is 4.40 Å². The number of hydrogen-bond donors (Lipinski definition) is 1. The highest BCUT2D eigenvalue weighted by Gasteiger charge is 2.14. The molecular formula is C13H20N4S. The van der Waals surface area contributed by atoms with E-state index in [1.165, 1.54) is 43.7 Å². The Labute approximate surface area is 112 Å². The first-order valence-corrected chi connectivity index (χ1v) is 7.54. The molecule has 0 radical (unpaired) electrons. The Morgan fingerprint density at radius 2 is 2.06 bits per heavy atom. The minimum atomic E-state index is 0.880. The molecule has 3 heterocycles. The fourth-order valence-corrected chi connectivity index (χ4v) is 3.55. The second-order valence-corrected chi connectivity index (χ2v) is 5.86. The van der Waals surface area contributed by atoms with Crippen LogP contribution in [0.3, 0.4) is 0 Å². The van der Waals surface area contributed by atoms with Crippen LogP contribution < -0.4 is 5.43 Å². The van der Waals surface area contributed by atoms with Gasteiger partial charge in [-0.25, -0.2) is 15.4 Å². The van der Waals surface area contributed by atoms with Crippen LogP contribution in [0.2, 0.25) is 0 Å². The molecule has 2 aromatic rings. The van der Waals surface area contributed by atoms with Gasteiger partial charge in [0, 0.05) is 24.2 Å². The van der Waals surface area contributed by atoms with Crippen molar-refractivity contribution in [1.82, 2.24) is 19.8 Å². The number of thiazole rings is 1. The summed E-state index contributed by atoms with van der Waals surface area (Å²) in [4.78, 5) is 5.73. The molecule has 1 N–H and O–H groups in total. The molecule has 0 amide bonds. The summed E-state index contributed by atoms with van der Waals surface area (Å²) in [7, 11) is 0. The summed E-state index contributed by atoms with van der Waals surface area (Å²) in [5, 5.41) is 4.52. The molecular weight excluding hydrogens is 244 g/mol. The van der Waals surface area contributed by atoms with Gasteiger partial charge in [-0.1, -0.05) is 6.42 Å². The van der Waals surface area contributed by atoms with Crippen LogP contribution in [0, 0.1) is 13.8 Å². The van der Waals surface area contributed by atoms with Crippen LogP contribution >= 0.6 is 11.3 Å². The lowest BCUT2D eigenvalue weighted by molar-refractivity contribution is 0.150. The van der Waals surface area contributed by atoms with Crippen LogP contribution in [0.1, 0.15) is 36.3 Å². The lowest BCUT2D eigenvalue weighted by Crippen LogP contribution is -2.41. The number of hydrazine groups is 1. The first kappa shape index (κ1) is 12.1. The van der Waals surface area contributed by atoms with Crippen LogP contribution in [-0.4, -0.2) is 27.5 Å². The average Bonchev–Trinajstić information content (AvgIpc) is 2.88. The zero-order valence-corrected chi connectivity index (χ0v) is 11.9. The summed E-state index contributed by atoms with van der Waals surface area (Å²) in [5.74, 6) is 0. The lowest BCUT2D eigenvalue weighted by Gasteiger charge is -2.27. The Kier molecular flexibility index (Phi) is 3.37. The number of fused-ring (bicyclic) bond motifs is 1. The fourth-order valence-electron chi connectivity index (χ4n) is 2.61. The van der Waals surface area contributed by atoms with E-state index in [0.29, 0.717) is 0 Å². The molecule has 4 nitrogen and oxygen atoms in total. The molecule has 1 fully saturated rings. The maximum absolute atomic E-state index is 4.62. The lowest BCUT2D eigenvalue weighted by atomic mass is 10.2. The van der Waals surface area contributed by atoms with Gasteiger partial charge in [0.1, 0.15) is 0 Å². The van der Waals surface area contributed by atoms with E-state index < -0.39 is 0 Å². The first-order valence-electron chi connectivity index (χ1n) is 6.66. The van der Waals surface area contributed by atoms with E-state index in [0.717, 1.165) is 17.2 Å². The second kappa shape index (κ2) is 4.99. The van der Waals surface area contributed by atoms with Gasteiger partial charge in [-0.2, -0.15) is 0 Å². The molecule has 0 aliphatic carbocycles. The summed E-state index contributed by atoms with van der Waals surface area (Å²) >= 11 is 1.72. The first-order chi connectivity index (χ1) is 8.75. The topological polar surface area (TPSA) is 32.6 Å². The average molecular weight is 264 g/mol. The zero-order chi connectivity index (χ0) is 12.5. The van der Waals surface area contributed by atoms with Gasteiger partial charge < -0.3 is 0 Å². The fraction of sp³-hybridized carbons (Fsp3) is 0.615. The third-order valence-electron chi connectivity index (χ3n) is 3.66. The highest BCUT2D eigenvalue weighted by Crippen LogP contribution is 2.20. The Hall–Kier alpha value is -0.910. The number of piperidine rings is 1. The van der Waals surface area contributed by atoms with Crippen molar-refractivity contribution >= 4 is 16.3 Å². The van der Waals surface area contributed by atoms with Crippen LogP contribution in [-0.2, 0) is 6.54 Å². The van der Waals surface area contributed by atoms with E-state index in [1.807, 2.05) is 0 Å². The number of aromatic nitrogens is 2. The minimum Gasteiger partial charge on any atom is -0.290 e. The highest BCUT2D eigenvalue weighted by atomic mass is 32.1. The molecule has 5 heteroatoms. The molecule has 3 rings (SSSR count). The third kappa shape index (κ3) is 2.18. The normalized spacial score (nSPS) is 17.7. The molecule has 0 spiro atoms. The Morgan fingerprint density at radius 3 is 2.83 bits per heavy atom. The van der Waals surface area contributed by atoms with E-state index >= 15 is 0 Å². The van der Waals surface area contributed by atoms with Crippen molar-refractivity contribution < 1.29 is 0 Å². The Balaban J connectivity index is 1.77. The molecule has 1 saturated heterocycles. The number of nitrogens with zero attached hydrogens (tertiary/aromatic N) is 3. The smallest absolute Gasteiger partial charge is 0.194 e. The summed E-state index contributed by atoms with van der Waals surface area (Å²) in [5.41, 5.74) is 7.28. The van der Waals surface area contributed by atoms with Gasteiger partial charge in [0.05, 0.1) is 17.9 Å². The van der Waals surface area contributed by atoms with Crippen molar-refractivity contribution in [3.63, 3.8) is 0 Å². The maximum Gasteiger partial charge on any atom is 0.194 e. The van der Waals surface area contributed by atoms with E-state index in [2.05, 4.69) is 39.0 Å². The molecule has 0 atom stereocenters. The Bertz CT molecular complexity index is 536. The van der Waals surface area contributed by atoms with Gasteiger partial charge in [0.15, 0.2) is 4.96 Å². The summed E-state index contributed by atoms with van der Waals surface area (Å²) in [6.45, 7) is 7.47. The van der Waals surface area contributed by atoms with Crippen LogP contribution in [0.5, 0.6) is 0 Å². The molecule has 0 unspecified atom stereocenters. The largest absolute Gasteiger partial charge is 0.290 e. The van der Waals surface area contributed by atoms with Crippen molar-refractivity contribution in [2.75, 3.05) is 13.1 Å². The van der Waals surface area contributed by atoms with Crippen LogP contribution in [0.25, 0.3) is 4.96 Å². The predicted molar refractivity (Wildman–Crippen MR) is 74.8 cm³/mol. The van der Waals surface area contributed by atoms with Crippen molar-refractivity contribution in [2.45, 2.75) is 39.7 Å². The minimum absolute atomic E-state index is 0.880. The van der Waals surface area contributed by atoms with E-state index in [1.54, 1.807) is 11.3 Å².